The second kappa shape index (κ2) is 3.92. The highest BCUT2D eigenvalue weighted by atomic mass is 19.2. The lowest BCUT2D eigenvalue weighted by molar-refractivity contribution is 0.433. The second-order valence-electron chi connectivity index (χ2n) is 4.12. The molecular weight excluding hydrogens is 224 g/mol. The number of nitrogens with one attached hydrogen (secondary N) is 1. The van der Waals surface area contributed by atoms with Gasteiger partial charge in [0.1, 0.15) is 0 Å². The maximum absolute atomic E-state index is 13.7. The largest absolute Gasteiger partial charge is 0.315 e. The van der Waals surface area contributed by atoms with E-state index < -0.39 is 11.6 Å². The number of benzene rings is 1. The maximum atomic E-state index is 13.7. The average molecular weight is 235 g/mol. The predicted molar refractivity (Wildman–Crippen MR) is 59.1 cm³/mol. The van der Waals surface area contributed by atoms with Crippen LogP contribution in [0.1, 0.15) is 11.6 Å². The summed E-state index contributed by atoms with van der Waals surface area (Å²) in [5.74, 6) is -1.35. The van der Waals surface area contributed by atoms with Crippen LogP contribution in [0.15, 0.2) is 30.7 Å². The summed E-state index contributed by atoms with van der Waals surface area (Å²) in [7, 11) is 0. The van der Waals surface area contributed by atoms with Crippen LogP contribution in [0.4, 0.5) is 8.78 Å². The third-order valence-electron chi connectivity index (χ3n) is 3.06. The Labute approximate surface area is 97.1 Å². The van der Waals surface area contributed by atoms with E-state index >= 15 is 0 Å². The molecule has 1 N–H and O–H groups in total. The molecule has 2 heterocycles. The molecule has 0 radical (unpaired) electrons. The van der Waals surface area contributed by atoms with Gasteiger partial charge in [-0.15, -0.1) is 0 Å². The third-order valence-corrected chi connectivity index (χ3v) is 3.06. The van der Waals surface area contributed by atoms with Gasteiger partial charge in [0, 0.05) is 30.9 Å². The van der Waals surface area contributed by atoms with E-state index in [1.807, 2.05) is 0 Å². The molecule has 0 spiro atoms. The highest BCUT2D eigenvalue weighted by molar-refractivity contribution is 5.37. The van der Waals surface area contributed by atoms with Crippen molar-refractivity contribution in [2.24, 2.45) is 0 Å². The van der Waals surface area contributed by atoms with Crippen LogP contribution in [0.25, 0.3) is 5.69 Å². The van der Waals surface area contributed by atoms with Crippen molar-refractivity contribution < 1.29 is 8.78 Å². The minimum absolute atomic E-state index is 0.212. The van der Waals surface area contributed by atoms with Crippen LogP contribution in [-0.2, 0) is 0 Å². The van der Waals surface area contributed by atoms with E-state index in [1.54, 1.807) is 16.8 Å². The molecule has 17 heavy (non-hydrogen) atoms. The van der Waals surface area contributed by atoms with Crippen molar-refractivity contribution in [3.8, 4) is 5.69 Å². The van der Waals surface area contributed by atoms with Crippen LogP contribution in [0.3, 0.4) is 0 Å². The lowest BCUT2D eigenvalue weighted by Crippen LogP contribution is -2.40. The van der Waals surface area contributed by atoms with Crippen molar-refractivity contribution in [3.05, 3.63) is 48.1 Å². The Morgan fingerprint density at radius 3 is 2.82 bits per heavy atom. The highest BCUT2D eigenvalue weighted by Crippen LogP contribution is 2.24. The topological polar surface area (TPSA) is 29.9 Å². The Kier molecular flexibility index (Phi) is 2.40. The van der Waals surface area contributed by atoms with E-state index in [4.69, 9.17) is 0 Å². The Hall–Kier alpha value is -1.75. The summed E-state index contributed by atoms with van der Waals surface area (Å²) < 4.78 is 28.5. The van der Waals surface area contributed by atoms with E-state index in [2.05, 4.69) is 10.3 Å². The van der Waals surface area contributed by atoms with Gasteiger partial charge in [0.25, 0.3) is 0 Å². The molecule has 3 nitrogen and oxygen atoms in total. The number of imidazole rings is 1. The van der Waals surface area contributed by atoms with E-state index in [-0.39, 0.29) is 5.69 Å². The zero-order chi connectivity index (χ0) is 11.8. The van der Waals surface area contributed by atoms with Crippen LogP contribution in [-0.4, -0.2) is 22.6 Å². The monoisotopic (exact) mass is 235 g/mol. The van der Waals surface area contributed by atoms with Gasteiger partial charge in [-0.1, -0.05) is 6.07 Å². The molecule has 1 aliphatic rings. The molecule has 2 aromatic rings. The van der Waals surface area contributed by atoms with E-state index in [9.17, 15) is 8.78 Å². The van der Waals surface area contributed by atoms with Gasteiger partial charge in [0.05, 0.1) is 12.0 Å². The Morgan fingerprint density at radius 2 is 2.12 bits per heavy atom. The van der Waals surface area contributed by atoms with E-state index in [0.29, 0.717) is 5.92 Å². The summed E-state index contributed by atoms with van der Waals surface area (Å²) >= 11 is 0. The number of hydrogen-bond donors (Lipinski definition) is 1. The SMILES string of the molecule is Fc1cccc(-n2cncc2C2CNC2)c1F. The Balaban J connectivity index is 2.09. The summed E-state index contributed by atoms with van der Waals surface area (Å²) in [6, 6.07) is 4.16. The van der Waals surface area contributed by atoms with E-state index in [1.165, 1.54) is 12.4 Å². The summed E-state index contributed by atoms with van der Waals surface area (Å²) in [6.07, 6.45) is 3.22. The zero-order valence-electron chi connectivity index (χ0n) is 9.03. The summed E-state index contributed by atoms with van der Waals surface area (Å²) in [5, 5.41) is 3.15. The molecule has 1 fully saturated rings. The van der Waals surface area contributed by atoms with Crippen molar-refractivity contribution in [1.82, 2.24) is 14.9 Å². The van der Waals surface area contributed by atoms with Crippen molar-refractivity contribution in [2.75, 3.05) is 13.1 Å². The van der Waals surface area contributed by atoms with Crippen molar-refractivity contribution in [3.63, 3.8) is 0 Å². The molecule has 88 valence electrons. The molecule has 1 aromatic carbocycles. The summed E-state index contributed by atoms with van der Waals surface area (Å²) in [4.78, 5) is 4.02. The predicted octanol–water partition coefficient (Wildman–Crippen LogP) is 1.84. The molecule has 0 atom stereocenters. The van der Waals surface area contributed by atoms with Gasteiger partial charge in [0.2, 0.25) is 0 Å². The normalized spacial score (nSPS) is 15.9. The van der Waals surface area contributed by atoms with Gasteiger partial charge < -0.3 is 5.32 Å². The van der Waals surface area contributed by atoms with Gasteiger partial charge in [-0.25, -0.2) is 13.8 Å². The molecule has 0 unspecified atom stereocenters. The van der Waals surface area contributed by atoms with Gasteiger partial charge >= 0.3 is 0 Å². The standard InChI is InChI=1S/C12H11F2N3/c13-9-2-1-3-10(12(9)14)17-7-16-6-11(17)8-4-15-5-8/h1-3,6-8,15H,4-5H2. The van der Waals surface area contributed by atoms with Crippen molar-refractivity contribution >= 4 is 0 Å². The lowest BCUT2D eigenvalue weighted by Gasteiger charge is -2.27. The fourth-order valence-corrected chi connectivity index (χ4v) is 1.98. The first-order valence-electron chi connectivity index (χ1n) is 5.44. The first-order valence-corrected chi connectivity index (χ1v) is 5.44. The Morgan fingerprint density at radius 1 is 1.29 bits per heavy atom. The van der Waals surface area contributed by atoms with Gasteiger partial charge in [0.15, 0.2) is 11.6 Å². The number of aromatic nitrogens is 2. The molecule has 1 saturated heterocycles. The molecule has 5 heteroatoms. The van der Waals surface area contributed by atoms with Gasteiger partial charge in [-0.3, -0.25) is 4.57 Å². The van der Waals surface area contributed by atoms with Crippen molar-refractivity contribution in [2.45, 2.75) is 5.92 Å². The quantitative estimate of drug-likeness (QED) is 0.860. The first-order chi connectivity index (χ1) is 8.27. The lowest BCUT2D eigenvalue weighted by atomic mass is 10.00. The van der Waals surface area contributed by atoms with Gasteiger partial charge in [-0.2, -0.15) is 0 Å². The molecule has 0 saturated carbocycles. The van der Waals surface area contributed by atoms with Crippen LogP contribution in [0, 0.1) is 11.6 Å². The van der Waals surface area contributed by atoms with Crippen LogP contribution in [0.5, 0.6) is 0 Å². The summed E-state index contributed by atoms with van der Waals surface area (Å²) in [6.45, 7) is 1.70. The minimum Gasteiger partial charge on any atom is -0.315 e. The molecule has 0 bridgehead atoms. The van der Waals surface area contributed by atoms with Crippen LogP contribution < -0.4 is 5.32 Å². The molecule has 3 rings (SSSR count). The maximum Gasteiger partial charge on any atom is 0.182 e. The van der Waals surface area contributed by atoms with Crippen molar-refractivity contribution in [1.29, 1.82) is 0 Å². The zero-order valence-corrected chi connectivity index (χ0v) is 9.03. The Bertz CT molecular complexity index is 546. The third kappa shape index (κ3) is 1.63. The number of halogens is 2. The molecule has 0 aliphatic carbocycles. The first kappa shape index (κ1) is 10.4. The molecule has 0 amide bonds. The summed E-state index contributed by atoms with van der Waals surface area (Å²) in [5.41, 5.74) is 1.12. The molecular formula is C12H11F2N3. The van der Waals surface area contributed by atoms with Crippen LogP contribution in [0.2, 0.25) is 0 Å². The number of rotatable bonds is 2. The smallest absolute Gasteiger partial charge is 0.182 e. The molecule has 1 aliphatic heterocycles. The highest BCUT2D eigenvalue weighted by Gasteiger charge is 2.24. The van der Waals surface area contributed by atoms with Gasteiger partial charge in [-0.05, 0) is 12.1 Å². The molecule has 1 aromatic heterocycles. The number of hydrogen-bond acceptors (Lipinski definition) is 2. The van der Waals surface area contributed by atoms with Crippen LogP contribution >= 0.6 is 0 Å². The second-order valence-corrected chi connectivity index (χ2v) is 4.12. The minimum atomic E-state index is -0.839. The van der Waals surface area contributed by atoms with E-state index in [0.717, 1.165) is 24.8 Å². The average Bonchev–Trinajstić information content (AvgIpc) is 2.68. The number of nitrogens with zero attached hydrogens (tertiary/aromatic N) is 2. The fraction of sp³-hybridized carbons (Fsp3) is 0.250. The fourth-order valence-electron chi connectivity index (χ4n) is 1.98.